The first-order valence-corrected chi connectivity index (χ1v) is 14.0. The minimum absolute atomic E-state index is 0.749. The second-order valence-corrected chi connectivity index (χ2v) is 10.3. The molecule has 6 rings (SSSR count). The largest absolute Gasteiger partial charge is 0.236 e. The lowest BCUT2D eigenvalue weighted by atomic mass is 9.90. The Bertz CT molecular complexity index is 1950. The summed E-state index contributed by atoms with van der Waals surface area (Å²) >= 11 is 0. The number of nitrogens with zero attached hydrogens (tertiary/aromatic N) is 2. The van der Waals surface area contributed by atoms with Gasteiger partial charge in [0.1, 0.15) is 0 Å². The molecule has 0 saturated heterocycles. The molecule has 41 heavy (non-hydrogen) atoms. The van der Waals surface area contributed by atoms with Crippen LogP contribution in [0.4, 0.5) is 5.82 Å². The van der Waals surface area contributed by atoms with Crippen molar-refractivity contribution in [3.63, 3.8) is 0 Å². The topological polar surface area (TPSA) is 25.2 Å². The van der Waals surface area contributed by atoms with Crippen molar-refractivity contribution < 1.29 is 0 Å². The van der Waals surface area contributed by atoms with E-state index in [1.54, 1.807) is 0 Å². The predicted molar refractivity (Wildman–Crippen MR) is 175 cm³/mol. The lowest BCUT2D eigenvalue weighted by Crippen LogP contribution is -2.29. The molecular formula is C39H32N2. The van der Waals surface area contributed by atoms with Crippen molar-refractivity contribution in [3.05, 3.63) is 155 Å². The van der Waals surface area contributed by atoms with E-state index in [1.807, 2.05) is 12.3 Å². The van der Waals surface area contributed by atoms with Crippen molar-refractivity contribution in [3.8, 4) is 22.3 Å². The Kier molecular flexibility index (Phi) is 7.38. The quantitative estimate of drug-likeness (QED) is 0.206. The normalized spacial score (nSPS) is 13.0. The summed E-state index contributed by atoms with van der Waals surface area (Å²) in [5.41, 5.74) is 8.94. The van der Waals surface area contributed by atoms with E-state index in [-0.39, 0.29) is 0 Å². The lowest BCUT2D eigenvalue weighted by molar-refractivity contribution is 1.25. The number of hydrogen-bond donors (Lipinski definition) is 0. The maximum absolute atomic E-state index is 5.20. The lowest BCUT2D eigenvalue weighted by Gasteiger charge is -2.15. The van der Waals surface area contributed by atoms with E-state index in [2.05, 4.69) is 148 Å². The third kappa shape index (κ3) is 5.37. The van der Waals surface area contributed by atoms with Gasteiger partial charge in [0.05, 0.1) is 0 Å². The van der Waals surface area contributed by atoms with Gasteiger partial charge in [0, 0.05) is 28.4 Å². The van der Waals surface area contributed by atoms with Crippen molar-refractivity contribution in [1.29, 1.82) is 0 Å². The second-order valence-electron chi connectivity index (χ2n) is 10.3. The molecule has 0 amide bonds. The van der Waals surface area contributed by atoms with Crippen LogP contribution in [0.3, 0.4) is 0 Å². The SMILES string of the molecule is C/C=c1/cccc/c1=C(/C(C)=N/c1ncc2ccccc2c1C)c1cc(-c2ccccc2)cc(-c2ccccc2)c1. The van der Waals surface area contributed by atoms with Gasteiger partial charge in [-0.15, -0.1) is 0 Å². The van der Waals surface area contributed by atoms with Gasteiger partial charge in [0.15, 0.2) is 5.82 Å². The molecular weight excluding hydrogens is 496 g/mol. The van der Waals surface area contributed by atoms with Gasteiger partial charge in [-0.3, -0.25) is 0 Å². The van der Waals surface area contributed by atoms with Gasteiger partial charge >= 0.3 is 0 Å². The third-order valence-corrected chi connectivity index (χ3v) is 7.64. The van der Waals surface area contributed by atoms with Crippen LogP contribution in [0.25, 0.3) is 44.7 Å². The molecule has 198 valence electrons. The summed E-state index contributed by atoms with van der Waals surface area (Å²) in [6.07, 6.45) is 4.09. The van der Waals surface area contributed by atoms with E-state index in [0.29, 0.717) is 0 Å². The third-order valence-electron chi connectivity index (χ3n) is 7.64. The maximum Gasteiger partial charge on any atom is 0.155 e. The molecule has 0 aliphatic rings. The second kappa shape index (κ2) is 11.6. The molecule has 0 aliphatic heterocycles. The molecule has 0 radical (unpaired) electrons. The molecule has 0 fully saturated rings. The number of aryl methyl sites for hydroxylation is 1. The molecule has 0 spiro atoms. The maximum atomic E-state index is 5.20. The van der Waals surface area contributed by atoms with Crippen LogP contribution in [0.1, 0.15) is 25.0 Å². The molecule has 1 heterocycles. The molecule has 0 unspecified atom stereocenters. The van der Waals surface area contributed by atoms with E-state index < -0.39 is 0 Å². The molecule has 0 bridgehead atoms. The van der Waals surface area contributed by atoms with E-state index in [9.17, 15) is 0 Å². The van der Waals surface area contributed by atoms with Crippen molar-refractivity contribution in [2.24, 2.45) is 4.99 Å². The highest BCUT2D eigenvalue weighted by Gasteiger charge is 2.14. The Balaban J connectivity index is 1.65. The molecule has 5 aromatic carbocycles. The van der Waals surface area contributed by atoms with Crippen LogP contribution in [0.5, 0.6) is 0 Å². The van der Waals surface area contributed by atoms with Crippen LogP contribution >= 0.6 is 0 Å². The molecule has 0 N–H and O–H groups in total. The molecule has 1 aromatic heterocycles. The Morgan fingerprint density at radius 3 is 1.90 bits per heavy atom. The highest BCUT2D eigenvalue weighted by Crippen LogP contribution is 2.32. The Hall–Kier alpha value is -5.08. The van der Waals surface area contributed by atoms with Crippen molar-refractivity contribution in [2.45, 2.75) is 20.8 Å². The monoisotopic (exact) mass is 528 g/mol. The zero-order valence-electron chi connectivity index (χ0n) is 23.7. The summed E-state index contributed by atoms with van der Waals surface area (Å²) in [6.45, 7) is 6.31. The number of aromatic nitrogens is 1. The standard InChI is InChI=1S/C39H32N2/c1-4-29-15-11-14-22-37(29)38(28(3)41-39-27(2)36-21-13-12-20-32(36)26-40-39)35-24-33(30-16-7-5-8-17-30)23-34(25-35)31-18-9-6-10-19-31/h4-26H,1-3H3/b29-4-,38-37+,41-28+. The van der Waals surface area contributed by atoms with Crippen LogP contribution in [0, 0.1) is 6.92 Å². The Morgan fingerprint density at radius 2 is 1.24 bits per heavy atom. The van der Waals surface area contributed by atoms with Crippen LogP contribution in [-0.2, 0) is 0 Å². The average Bonchev–Trinajstić information content (AvgIpc) is 3.03. The van der Waals surface area contributed by atoms with Gasteiger partial charge in [-0.2, -0.15) is 0 Å². The van der Waals surface area contributed by atoms with Gasteiger partial charge in [0.25, 0.3) is 0 Å². The van der Waals surface area contributed by atoms with E-state index in [1.165, 1.54) is 32.9 Å². The number of rotatable bonds is 5. The number of hydrogen-bond acceptors (Lipinski definition) is 2. The minimum Gasteiger partial charge on any atom is -0.236 e. The molecule has 0 aliphatic carbocycles. The van der Waals surface area contributed by atoms with Gasteiger partial charge < -0.3 is 0 Å². The zero-order chi connectivity index (χ0) is 28.2. The minimum atomic E-state index is 0.749. The zero-order valence-corrected chi connectivity index (χ0v) is 23.7. The fraction of sp³-hybridized carbons (Fsp3) is 0.0769. The van der Waals surface area contributed by atoms with Crippen molar-refractivity contribution in [1.82, 2.24) is 4.98 Å². The Morgan fingerprint density at radius 1 is 0.659 bits per heavy atom. The number of fused-ring (bicyclic) bond motifs is 1. The number of pyridine rings is 1. The Labute approximate surface area is 241 Å². The molecule has 0 saturated carbocycles. The predicted octanol–water partition coefficient (Wildman–Crippen LogP) is 8.67. The van der Waals surface area contributed by atoms with Crippen molar-refractivity contribution >= 4 is 34.0 Å². The summed E-state index contributed by atoms with van der Waals surface area (Å²) in [4.78, 5) is 9.98. The van der Waals surface area contributed by atoms with Crippen LogP contribution in [0.15, 0.2) is 139 Å². The fourth-order valence-electron chi connectivity index (χ4n) is 5.53. The first kappa shape index (κ1) is 26.2. The van der Waals surface area contributed by atoms with Crippen LogP contribution < -0.4 is 10.4 Å². The van der Waals surface area contributed by atoms with E-state index in [4.69, 9.17) is 9.98 Å². The highest BCUT2D eigenvalue weighted by atomic mass is 14.9. The van der Waals surface area contributed by atoms with E-state index >= 15 is 0 Å². The van der Waals surface area contributed by atoms with Crippen LogP contribution in [0.2, 0.25) is 0 Å². The van der Waals surface area contributed by atoms with Gasteiger partial charge in [-0.1, -0.05) is 115 Å². The average molecular weight is 529 g/mol. The smallest absolute Gasteiger partial charge is 0.155 e. The summed E-state index contributed by atoms with van der Waals surface area (Å²) in [7, 11) is 0. The number of aliphatic imine (C=N–C) groups is 1. The first-order chi connectivity index (χ1) is 20.1. The van der Waals surface area contributed by atoms with Crippen molar-refractivity contribution in [2.75, 3.05) is 0 Å². The summed E-state index contributed by atoms with van der Waals surface area (Å²) in [6, 6.07) is 45.0. The van der Waals surface area contributed by atoms with Gasteiger partial charge in [-0.05, 0) is 82.6 Å². The molecule has 6 aromatic rings. The van der Waals surface area contributed by atoms with Crippen LogP contribution in [-0.4, -0.2) is 10.7 Å². The van der Waals surface area contributed by atoms with Gasteiger partial charge in [0.2, 0.25) is 0 Å². The number of benzene rings is 5. The van der Waals surface area contributed by atoms with E-state index in [0.717, 1.165) is 38.8 Å². The fourth-order valence-corrected chi connectivity index (χ4v) is 5.53. The van der Waals surface area contributed by atoms with Gasteiger partial charge in [-0.25, -0.2) is 9.98 Å². The summed E-state index contributed by atoms with van der Waals surface area (Å²) in [5, 5.41) is 4.63. The molecule has 2 nitrogen and oxygen atoms in total. The molecule has 0 atom stereocenters. The summed E-state index contributed by atoms with van der Waals surface area (Å²) in [5.74, 6) is 0.749. The molecule has 2 heteroatoms. The summed E-state index contributed by atoms with van der Waals surface area (Å²) < 4.78 is 0. The first-order valence-electron chi connectivity index (χ1n) is 14.0. The highest BCUT2D eigenvalue weighted by molar-refractivity contribution is 6.23.